The topological polar surface area (TPSA) is 40.9 Å². The normalized spacial score (nSPS) is 15.3. The molecule has 36 heavy (non-hydrogen) atoms. The molecule has 9 heteroatoms. The zero-order valence-corrected chi connectivity index (χ0v) is 20.1. The number of nitrogens with zero attached hydrogens (tertiary/aromatic N) is 4. The van der Waals surface area contributed by atoms with Crippen LogP contribution in [0.2, 0.25) is 5.02 Å². The van der Waals surface area contributed by atoms with Crippen molar-refractivity contribution in [2.24, 2.45) is 0 Å². The Balaban J connectivity index is 1.39. The number of pyridine rings is 1. The summed E-state index contributed by atoms with van der Waals surface area (Å²) in [5, 5.41) is 0.656. The van der Waals surface area contributed by atoms with Crippen LogP contribution in [-0.4, -0.2) is 46.4 Å². The third-order valence-electron chi connectivity index (χ3n) is 6.60. The number of anilines is 1. The first-order valence-electron chi connectivity index (χ1n) is 11.7. The fourth-order valence-corrected chi connectivity index (χ4v) is 4.91. The van der Waals surface area contributed by atoms with E-state index in [0.29, 0.717) is 48.1 Å². The number of amides is 1. The zero-order chi connectivity index (χ0) is 25.3. The summed E-state index contributed by atoms with van der Waals surface area (Å²) >= 11 is 6.12. The van der Waals surface area contributed by atoms with Gasteiger partial charge in [0, 0.05) is 61.6 Å². The summed E-state index contributed by atoms with van der Waals surface area (Å²) in [6.45, 7) is 2.34. The molecule has 1 fully saturated rings. The third-order valence-corrected chi connectivity index (χ3v) is 6.84. The molecule has 3 heterocycles. The molecule has 0 spiro atoms. The number of carbonyl (C=O) groups is 1. The molecule has 0 radical (unpaired) electrons. The molecule has 186 valence electrons. The van der Waals surface area contributed by atoms with E-state index in [1.807, 2.05) is 53.1 Å². The Morgan fingerprint density at radius 1 is 0.972 bits per heavy atom. The first-order valence-corrected chi connectivity index (χ1v) is 12.0. The molecule has 0 N–H and O–H groups in total. The number of carbonyl (C=O) groups excluding carboxylic acids is 1. The van der Waals surface area contributed by atoms with Crippen molar-refractivity contribution in [2.75, 3.05) is 31.1 Å². The number of piperazine rings is 1. The lowest BCUT2D eigenvalue weighted by atomic mass is 9.90. The van der Waals surface area contributed by atoms with Gasteiger partial charge in [-0.25, -0.2) is 4.98 Å². The van der Waals surface area contributed by atoms with E-state index in [1.165, 1.54) is 6.07 Å². The molecule has 1 saturated heterocycles. The molecule has 4 aromatic rings. The summed E-state index contributed by atoms with van der Waals surface area (Å²) in [6, 6.07) is 18.3. The summed E-state index contributed by atoms with van der Waals surface area (Å²) in [5.74, 6) is -0.683. The average molecular weight is 513 g/mol. The maximum atomic E-state index is 13.5. The molecule has 0 saturated carbocycles. The fourth-order valence-electron chi connectivity index (χ4n) is 4.73. The monoisotopic (exact) mass is 512 g/mol. The molecule has 1 aliphatic rings. The predicted octanol–water partition coefficient (Wildman–Crippen LogP) is 5.88. The minimum Gasteiger partial charge on any atom is -0.368 e. The van der Waals surface area contributed by atoms with Gasteiger partial charge in [0.2, 0.25) is 5.91 Å². The number of fused-ring (bicyclic) bond motifs is 1. The molecular weight excluding hydrogens is 489 g/mol. The van der Waals surface area contributed by atoms with Gasteiger partial charge >= 0.3 is 6.18 Å². The lowest BCUT2D eigenvalue weighted by molar-refractivity contribution is -0.137. The van der Waals surface area contributed by atoms with E-state index in [4.69, 9.17) is 11.6 Å². The highest BCUT2D eigenvalue weighted by molar-refractivity contribution is 6.30. The summed E-state index contributed by atoms with van der Waals surface area (Å²) in [4.78, 5) is 21.8. The molecule has 5 rings (SSSR count). The number of aromatic nitrogens is 2. The van der Waals surface area contributed by atoms with Crippen molar-refractivity contribution >= 4 is 28.8 Å². The van der Waals surface area contributed by atoms with Crippen LogP contribution in [-0.2, 0) is 11.0 Å². The number of imidazole rings is 1. The predicted molar refractivity (Wildman–Crippen MR) is 133 cm³/mol. The molecule has 1 aliphatic heterocycles. The second-order valence-corrected chi connectivity index (χ2v) is 9.28. The van der Waals surface area contributed by atoms with E-state index in [1.54, 1.807) is 17.2 Å². The van der Waals surface area contributed by atoms with E-state index in [0.717, 1.165) is 17.8 Å². The highest BCUT2D eigenvalue weighted by Crippen LogP contribution is 2.35. The molecule has 1 amide bonds. The van der Waals surface area contributed by atoms with Crippen LogP contribution in [0, 0.1) is 0 Å². The van der Waals surface area contributed by atoms with Gasteiger partial charge in [-0.3, -0.25) is 4.79 Å². The lowest BCUT2D eigenvalue weighted by Gasteiger charge is -2.36. The number of benzene rings is 2. The van der Waals surface area contributed by atoms with Gasteiger partial charge in [-0.1, -0.05) is 41.9 Å². The Labute approximate surface area is 211 Å². The van der Waals surface area contributed by atoms with Gasteiger partial charge in [0.05, 0.1) is 11.3 Å². The summed E-state index contributed by atoms with van der Waals surface area (Å²) < 4.78 is 42.3. The molecule has 2 aromatic heterocycles. The number of hydrogen-bond acceptors (Lipinski definition) is 3. The lowest BCUT2D eigenvalue weighted by Crippen LogP contribution is -2.49. The van der Waals surface area contributed by atoms with Gasteiger partial charge in [-0.05, 0) is 42.0 Å². The SMILES string of the molecule is O=C(CC(c1cccc(C(F)(F)F)c1)c1cnc2ccccn12)N1CCN(c2cccc(Cl)c2)CC1. The molecule has 1 atom stereocenters. The van der Waals surface area contributed by atoms with Gasteiger partial charge in [0.15, 0.2) is 0 Å². The second-order valence-electron chi connectivity index (χ2n) is 8.84. The van der Waals surface area contributed by atoms with Crippen molar-refractivity contribution in [3.8, 4) is 0 Å². The Morgan fingerprint density at radius 2 is 1.75 bits per heavy atom. The molecule has 5 nitrogen and oxygen atoms in total. The van der Waals surface area contributed by atoms with Crippen LogP contribution in [0.4, 0.5) is 18.9 Å². The highest BCUT2D eigenvalue weighted by atomic mass is 35.5. The van der Waals surface area contributed by atoms with E-state index >= 15 is 0 Å². The smallest absolute Gasteiger partial charge is 0.368 e. The van der Waals surface area contributed by atoms with Crippen molar-refractivity contribution < 1.29 is 18.0 Å². The van der Waals surface area contributed by atoms with Crippen molar-refractivity contribution in [3.05, 3.63) is 101 Å². The van der Waals surface area contributed by atoms with Crippen molar-refractivity contribution in [3.63, 3.8) is 0 Å². The van der Waals surface area contributed by atoms with Crippen molar-refractivity contribution in [2.45, 2.75) is 18.5 Å². The maximum Gasteiger partial charge on any atom is 0.416 e. The number of halogens is 4. The Kier molecular flexibility index (Phi) is 6.62. The van der Waals surface area contributed by atoms with Crippen molar-refractivity contribution in [1.29, 1.82) is 0 Å². The zero-order valence-electron chi connectivity index (χ0n) is 19.3. The quantitative estimate of drug-likeness (QED) is 0.335. The largest absolute Gasteiger partial charge is 0.416 e. The Morgan fingerprint density at radius 3 is 2.50 bits per heavy atom. The Hall–Kier alpha value is -3.52. The van der Waals surface area contributed by atoms with Crippen LogP contribution in [0.1, 0.15) is 29.2 Å². The summed E-state index contributed by atoms with van der Waals surface area (Å²) in [5.41, 5.74) is 2.05. The van der Waals surface area contributed by atoms with Crippen LogP contribution in [0.3, 0.4) is 0 Å². The summed E-state index contributed by atoms with van der Waals surface area (Å²) in [7, 11) is 0. The van der Waals surface area contributed by atoms with E-state index in [9.17, 15) is 18.0 Å². The van der Waals surface area contributed by atoms with Crippen molar-refractivity contribution in [1.82, 2.24) is 14.3 Å². The third kappa shape index (κ3) is 5.04. The minimum absolute atomic E-state index is 0.0428. The minimum atomic E-state index is -4.47. The van der Waals surface area contributed by atoms with E-state index < -0.39 is 17.7 Å². The first-order chi connectivity index (χ1) is 17.3. The van der Waals surface area contributed by atoms with Crippen LogP contribution >= 0.6 is 11.6 Å². The first kappa shape index (κ1) is 24.2. The average Bonchev–Trinajstić information content (AvgIpc) is 3.31. The van der Waals surface area contributed by atoms with Crippen LogP contribution < -0.4 is 4.90 Å². The molecule has 2 aromatic carbocycles. The van der Waals surface area contributed by atoms with Gasteiger partial charge in [0.1, 0.15) is 5.65 Å². The Bertz CT molecular complexity index is 1380. The molecular formula is C27H24ClF3N4O. The van der Waals surface area contributed by atoms with Crippen LogP contribution in [0.25, 0.3) is 5.65 Å². The summed E-state index contributed by atoms with van der Waals surface area (Å²) in [6.07, 6.45) is -0.973. The van der Waals surface area contributed by atoms with Gasteiger partial charge in [-0.15, -0.1) is 0 Å². The van der Waals surface area contributed by atoms with E-state index in [-0.39, 0.29) is 12.3 Å². The van der Waals surface area contributed by atoms with Crippen LogP contribution in [0.15, 0.2) is 79.1 Å². The number of alkyl halides is 3. The second kappa shape index (κ2) is 9.85. The fraction of sp³-hybridized carbons (Fsp3) is 0.259. The van der Waals surface area contributed by atoms with Gasteiger partial charge in [-0.2, -0.15) is 13.2 Å². The maximum absolute atomic E-state index is 13.5. The standard InChI is InChI=1S/C27H24ClF3N4O/c28-21-7-4-8-22(16-21)33-11-13-34(14-12-33)26(36)17-23(19-5-3-6-20(15-19)27(29,30)31)24-18-32-25-9-1-2-10-35(24)25/h1-10,15-16,18,23H,11-14,17H2. The molecule has 0 aliphatic carbocycles. The van der Waals surface area contributed by atoms with Gasteiger partial charge < -0.3 is 14.2 Å². The number of rotatable bonds is 5. The van der Waals surface area contributed by atoms with Crippen LogP contribution in [0.5, 0.6) is 0 Å². The highest BCUT2D eigenvalue weighted by Gasteiger charge is 2.32. The van der Waals surface area contributed by atoms with Gasteiger partial charge in [0.25, 0.3) is 0 Å². The molecule has 0 bridgehead atoms. The van der Waals surface area contributed by atoms with E-state index in [2.05, 4.69) is 9.88 Å². The molecule has 1 unspecified atom stereocenters. The number of hydrogen-bond donors (Lipinski definition) is 0.